The number of nitrogens with one attached hydrogen (secondary N) is 1. The quantitative estimate of drug-likeness (QED) is 0.877. The fourth-order valence-corrected chi connectivity index (χ4v) is 3.46. The number of nitrogens with zero attached hydrogens (tertiary/aromatic N) is 1. The van der Waals surface area contributed by atoms with Crippen LogP contribution in [0.2, 0.25) is 0 Å². The zero-order chi connectivity index (χ0) is 17.6. The van der Waals surface area contributed by atoms with Crippen LogP contribution in [0.25, 0.3) is 0 Å². The maximum Gasteiger partial charge on any atom is 0.286 e. The van der Waals surface area contributed by atoms with E-state index < -0.39 is 0 Å². The average molecular weight is 340 g/mol. The fourth-order valence-electron chi connectivity index (χ4n) is 3.46. The Hall–Kier alpha value is -2.56. The minimum Gasteiger partial charge on any atom is -0.459 e. The minimum absolute atomic E-state index is 0.0905. The molecule has 0 saturated heterocycles. The molecule has 1 aromatic carbocycles. The molecule has 0 bridgehead atoms. The van der Waals surface area contributed by atoms with Gasteiger partial charge in [-0.1, -0.05) is 37.6 Å². The second-order valence-electron chi connectivity index (χ2n) is 6.32. The lowest BCUT2D eigenvalue weighted by Gasteiger charge is -2.37. The predicted molar refractivity (Wildman–Crippen MR) is 95.2 cm³/mol. The molecule has 0 unspecified atom stereocenters. The van der Waals surface area contributed by atoms with Gasteiger partial charge in [0.15, 0.2) is 5.76 Å². The molecule has 5 heteroatoms. The van der Waals surface area contributed by atoms with E-state index in [2.05, 4.69) is 30.4 Å². The van der Waals surface area contributed by atoms with Gasteiger partial charge in [0.05, 0.1) is 12.3 Å². The van der Waals surface area contributed by atoms with Crippen molar-refractivity contribution in [2.24, 2.45) is 0 Å². The lowest BCUT2D eigenvalue weighted by molar-refractivity contribution is -0.134. The van der Waals surface area contributed by atoms with Gasteiger partial charge in [0.25, 0.3) is 5.91 Å². The molecule has 1 aromatic heterocycles. The largest absolute Gasteiger partial charge is 0.459 e. The third-order valence-electron chi connectivity index (χ3n) is 4.66. The molecule has 0 saturated carbocycles. The Balaban J connectivity index is 1.60. The first kappa shape index (κ1) is 17.3. The lowest BCUT2D eigenvalue weighted by Crippen LogP contribution is -2.41. The van der Waals surface area contributed by atoms with Crippen molar-refractivity contribution in [2.75, 3.05) is 13.1 Å². The van der Waals surface area contributed by atoms with Crippen molar-refractivity contribution in [3.63, 3.8) is 0 Å². The van der Waals surface area contributed by atoms with E-state index in [1.165, 1.54) is 17.4 Å². The lowest BCUT2D eigenvalue weighted by atomic mass is 9.90. The van der Waals surface area contributed by atoms with Gasteiger partial charge >= 0.3 is 0 Å². The van der Waals surface area contributed by atoms with E-state index >= 15 is 0 Å². The molecule has 5 nitrogen and oxygen atoms in total. The number of amides is 2. The van der Waals surface area contributed by atoms with Crippen molar-refractivity contribution in [1.29, 1.82) is 0 Å². The van der Waals surface area contributed by atoms with Crippen LogP contribution in [-0.2, 0) is 11.2 Å². The smallest absolute Gasteiger partial charge is 0.286 e. The third-order valence-corrected chi connectivity index (χ3v) is 4.66. The highest BCUT2D eigenvalue weighted by atomic mass is 16.3. The molecule has 0 fully saturated rings. The summed E-state index contributed by atoms with van der Waals surface area (Å²) in [5.74, 6) is 0.0720. The van der Waals surface area contributed by atoms with Crippen molar-refractivity contribution in [3.8, 4) is 0 Å². The Morgan fingerprint density at radius 1 is 1.24 bits per heavy atom. The van der Waals surface area contributed by atoms with Gasteiger partial charge in [0.1, 0.15) is 0 Å². The summed E-state index contributed by atoms with van der Waals surface area (Å²) in [6.45, 7) is 3.20. The molecule has 2 heterocycles. The molecule has 0 spiro atoms. The molecule has 0 radical (unpaired) electrons. The minimum atomic E-state index is -0.285. The van der Waals surface area contributed by atoms with E-state index in [1.807, 2.05) is 11.0 Å². The average Bonchev–Trinajstić information content (AvgIpc) is 3.17. The molecule has 1 aliphatic rings. The first-order valence-electron chi connectivity index (χ1n) is 8.89. The van der Waals surface area contributed by atoms with Gasteiger partial charge in [-0.15, -0.1) is 0 Å². The summed E-state index contributed by atoms with van der Waals surface area (Å²) in [7, 11) is 0. The van der Waals surface area contributed by atoms with Crippen LogP contribution in [0.3, 0.4) is 0 Å². The SMILES string of the molecule is CCC[C@H]1c2ccccc2CCN1C(=O)CCNC(=O)c1ccco1. The number of hydrogen-bond acceptors (Lipinski definition) is 3. The summed E-state index contributed by atoms with van der Waals surface area (Å²) in [4.78, 5) is 26.6. The summed E-state index contributed by atoms with van der Waals surface area (Å²) in [6.07, 6.45) is 4.63. The van der Waals surface area contributed by atoms with Crippen LogP contribution < -0.4 is 5.32 Å². The van der Waals surface area contributed by atoms with Crippen molar-refractivity contribution in [3.05, 3.63) is 59.5 Å². The number of rotatable bonds is 6. The van der Waals surface area contributed by atoms with Crippen molar-refractivity contribution >= 4 is 11.8 Å². The second-order valence-corrected chi connectivity index (χ2v) is 6.32. The Labute approximate surface area is 148 Å². The summed E-state index contributed by atoms with van der Waals surface area (Å²) >= 11 is 0. The maximum atomic E-state index is 12.7. The van der Waals surface area contributed by atoms with Gasteiger partial charge < -0.3 is 14.6 Å². The van der Waals surface area contributed by atoms with E-state index in [4.69, 9.17) is 4.42 Å². The molecule has 2 aromatic rings. The number of furan rings is 1. The van der Waals surface area contributed by atoms with Crippen molar-refractivity contribution in [1.82, 2.24) is 10.2 Å². The number of carbonyl (C=O) groups is 2. The number of benzene rings is 1. The molecule has 3 rings (SSSR count). The molecule has 1 atom stereocenters. The zero-order valence-corrected chi connectivity index (χ0v) is 14.5. The molecule has 2 amide bonds. The van der Waals surface area contributed by atoms with Gasteiger partial charge in [-0.2, -0.15) is 0 Å². The van der Waals surface area contributed by atoms with E-state index in [1.54, 1.807) is 12.1 Å². The van der Waals surface area contributed by atoms with E-state index in [-0.39, 0.29) is 23.6 Å². The molecular formula is C20H24N2O3. The third kappa shape index (κ3) is 3.92. The maximum absolute atomic E-state index is 12.7. The van der Waals surface area contributed by atoms with Crippen LogP contribution in [-0.4, -0.2) is 29.8 Å². The van der Waals surface area contributed by atoms with Crippen molar-refractivity contribution < 1.29 is 14.0 Å². The van der Waals surface area contributed by atoms with E-state index in [0.717, 1.165) is 25.8 Å². The Bertz CT molecular complexity index is 724. The topological polar surface area (TPSA) is 62.6 Å². The highest BCUT2D eigenvalue weighted by Crippen LogP contribution is 2.33. The predicted octanol–water partition coefficient (Wildman–Crippen LogP) is 3.33. The highest BCUT2D eigenvalue weighted by molar-refractivity contribution is 5.91. The second kappa shape index (κ2) is 8.01. The normalized spacial score (nSPS) is 16.4. The molecule has 132 valence electrons. The Kier molecular flexibility index (Phi) is 5.53. The fraction of sp³-hybridized carbons (Fsp3) is 0.400. The molecule has 25 heavy (non-hydrogen) atoms. The van der Waals surface area contributed by atoms with Gasteiger partial charge in [0.2, 0.25) is 5.91 Å². The number of hydrogen-bond donors (Lipinski definition) is 1. The first-order valence-corrected chi connectivity index (χ1v) is 8.89. The molecule has 0 aliphatic carbocycles. The number of fused-ring (bicyclic) bond motifs is 1. The Morgan fingerprint density at radius 3 is 2.84 bits per heavy atom. The standard InChI is InChI=1S/C20H24N2O3/c1-2-6-17-16-8-4-3-7-15(16)11-13-22(17)19(23)10-12-21-20(24)18-9-5-14-25-18/h3-5,7-9,14,17H,2,6,10-13H2,1H3,(H,21,24)/t17-/m0/s1. The zero-order valence-electron chi connectivity index (χ0n) is 14.5. The van der Waals surface area contributed by atoms with Crippen LogP contribution in [0.5, 0.6) is 0 Å². The highest BCUT2D eigenvalue weighted by Gasteiger charge is 2.29. The van der Waals surface area contributed by atoms with E-state index in [0.29, 0.717) is 13.0 Å². The van der Waals surface area contributed by atoms with E-state index in [9.17, 15) is 9.59 Å². The summed E-state index contributed by atoms with van der Waals surface area (Å²) in [6, 6.07) is 11.8. The van der Waals surface area contributed by atoms with Gasteiger partial charge in [-0.3, -0.25) is 9.59 Å². The molecule has 1 aliphatic heterocycles. The number of carbonyl (C=O) groups excluding carboxylic acids is 2. The summed E-state index contributed by atoms with van der Waals surface area (Å²) in [5, 5.41) is 2.74. The summed E-state index contributed by atoms with van der Waals surface area (Å²) < 4.78 is 5.05. The molecule has 1 N–H and O–H groups in total. The Morgan fingerprint density at radius 2 is 2.08 bits per heavy atom. The van der Waals surface area contributed by atoms with Gasteiger partial charge in [-0.05, 0) is 36.1 Å². The first-order chi connectivity index (χ1) is 12.2. The van der Waals surface area contributed by atoms with Gasteiger partial charge in [0, 0.05) is 19.5 Å². The monoisotopic (exact) mass is 340 g/mol. The summed E-state index contributed by atoms with van der Waals surface area (Å²) in [5.41, 5.74) is 2.61. The van der Waals surface area contributed by atoms with Crippen LogP contribution >= 0.6 is 0 Å². The van der Waals surface area contributed by atoms with Gasteiger partial charge in [-0.25, -0.2) is 0 Å². The van der Waals surface area contributed by atoms with Crippen LogP contribution in [0.1, 0.15) is 53.9 Å². The van der Waals surface area contributed by atoms with Crippen molar-refractivity contribution in [2.45, 2.75) is 38.6 Å². The molecular weight excluding hydrogens is 316 g/mol. The van der Waals surface area contributed by atoms with Crippen LogP contribution in [0, 0.1) is 0 Å². The van der Waals surface area contributed by atoms with Crippen LogP contribution in [0.4, 0.5) is 0 Å². The van der Waals surface area contributed by atoms with Crippen LogP contribution in [0.15, 0.2) is 47.1 Å².